The Morgan fingerprint density at radius 3 is 2.70 bits per heavy atom. The Balaban J connectivity index is 1.72. The molecule has 1 aromatic carbocycles. The van der Waals surface area contributed by atoms with Gasteiger partial charge < -0.3 is 10.1 Å². The summed E-state index contributed by atoms with van der Waals surface area (Å²) in [7, 11) is 0. The molecule has 2 saturated carbocycles. The van der Waals surface area contributed by atoms with E-state index in [9.17, 15) is 0 Å². The Morgan fingerprint density at radius 1 is 1.15 bits per heavy atom. The summed E-state index contributed by atoms with van der Waals surface area (Å²) in [5, 5.41) is 3.72. The first kappa shape index (κ1) is 13.9. The second-order valence-corrected chi connectivity index (χ2v) is 6.68. The number of para-hydroxylation sites is 1. The Kier molecular flexibility index (Phi) is 4.30. The van der Waals surface area contributed by atoms with Crippen molar-refractivity contribution in [1.82, 2.24) is 5.32 Å². The molecule has 0 aliphatic heterocycles. The summed E-state index contributed by atoms with van der Waals surface area (Å²) in [6.45, 7) is 5.40. The highest BCUT2D eigenvalue weighted by molar-refractivity contribution is 5.37. The lowest BCUT2D eigenvalue weighted by molar-refractivity contribution is 0.237. The zero-order valence-corrected chi connectivity index (χ0v) is 12.8. The van der Waals surface area contributed by atoms with Crippen LogP contribution in [0.5, 0.6) is 5.75 Å². The number of hydrogen-bond acceptors (Lipinski definition) is 2. The molecule has 110 valence electrons. The molecule has 0 amide bonds. The number of rotatable bonds is 6. The van der Waals surface area contributed by atoms with Crippen LogP contribution >= 0.6 is 0 Å². The van der Waals surface area contributed by atoms with Crippen LogP contribution in [0.15, 0.2) is 24.3 Å². The predicted octanol–water partition coefficient (Wildman–Crippen LogP) is 4.11. The fourth-order valence-electron chi connectivity index (χ4n) is 3.44. The molecule has 2 heteroatoms. The molecule has 2 aliphatic carbocycles. The van der Waals surface area contributed by atoms with Gasteiger partial charge in [0.2, 0.25) is 0 Å². The van der Waals surface area contributed by atoms with Crippen LogP contribution in [0, 0.1) is 5.92 Å². The molecule has 0 saturated heterocycles. The lowest BCUT2D eigenvalue weighted by Crippen LogP contribution is -2.26. The first-order valence-electron chi connectivity index (χ1n) is 8.23. The van der Waals surface area contributed by atoms with E-state index in [0.29, 0.717) is 5.92 Å². The second kappa shape index (κ2) is 6.17. The summed E-state index contributed by atoms with van der Waals surface area (Å²) in [5.41, 5.74) is 1.43. The normalized spacial score (nSPS) is 26.1. The van der Waals surface area contributed by atoms with Crippen molar-refractivity contribution < 1.29 is 4.74 Å². The summed E-state index contributed by atoms with van der Waals surface area (Å²) in [4.78, 5) is 0. The standard InChI is InChI=1S/C18H27NO/c1-13(2)20-18-9-4-3-7-17(18)16-8-5-6-14(16)12-19-15-10-11-15/h3-4,7,9,13-16,19H,5-6,8,10-12H2,1-2H3. The maximum absolute atomic E-state index is 6.02. The van der Waals surface area contributed by atoms with Gasteiger partial charge in [0.25, 0.3) is 0 Å². The molecule has 1 aromatic rings. The van der Waals surface area contributed by atoms with Crippen molar-refractivity contribution in [1.29, 1.82) is 0 Å². The molecule has 0 heterocycles. The van der Waals surface area contributed by atoms with Crippen LogP contribution in [0.2, 0.25) is 0 Å². The van der Waals surface area contributed by atoms with Gasteiger partial charge in [-0.2, -0.15) is 0 Å². The van der Waals surface area contributed by atoms with Crippen molar-refractivity contribution in [2.45, 2.75) is 64.0 Å². The second-order valence-electron chi connectivity index (χ2n) is 6.68. The minimum atomic E-state index is 0.251. The molecule has 2 atom stereocenters. The zero-order valence-electron chi connectivity index (χ0n) is 12.8. The van der Waals surface area contributed by atoms with Crippen molar-refractivity contribution >= 4 is 0 Å². The summed E-state index contributed by atoms with van der Waals surface area (Å²) < 4.78 is 6.02. The third-order valence-corrected chi connectivity index (χ3v) is 4.59. The number of ether oxygens (including phenoxy) is 1. The summed E-state index contributed by atoms with van der Waals surface area (Å²) in [6.07, 6.45) is 7.04. The van der Waals surface area contributed by atoms with E-state index in [4.69, 9.17) is 4.74 Å². The van der Waals surface area contributed by atoms with Crippen LogP contribution in [-0.4, -0.2) is 18.7 Å². The Bertz CT molecular complexity index is 439. The van der Waals surface area contributed by atoms with E-state index < -0.39 is 0 Å². The van der Waals surface area contributed by atoms with Crippen LogP contribution in [0.25, 0.3) is 0 Å². The average molecular weight is 273 g/mol. The van der Waals surface area contributed by atoms with E-state index in [2.05, 4.69) is 43.4 Å². The van der Waals surface area contributed by atoms with E-state index in [1.807, 2.05) is 0 Å². The van der Waals surface area contributed by atoms with Gasteiger partial charge in [0.1, 0.15) is 5.75 Å². The van der Waals surface area contributed by atoms with E-state index in [0.717, 1.165) is 17.7 Å². The van der Waals surface area contributed by atoms with Crippen molar-refractivity contribution in [2.75, 3.05) is 6.54 Å². The van der Waals surface area contributed by atoms with Gasteiger partial charge in [0, 0.05) is 6.04 Å². The highest BCUT2D eigenvalue weighted by Gasteiger charge is 2.32. The molecule has 2 fully saturated rings. The molecular weight excluding hydrogens is 246 g/mol. The first-order chi connectivity index (χ1) is 9.74. The van der Waals surface area contributed by atoms with Gasteiger partial charge in [0.15, 0.2) is 0 Å². The Hall–Kier alpha value is -1.02. The van der Waals surface area contributed by atoms with E-state index in [1.165, 1.54) is 44.2 Å². The molecule has 20 heavy (non-hydrogen) atoms. The SMILES string of the molecule is CC(C)Oc1ccccc1C1CCCC1CNC1CC1. The third kappa shape index (κ3) is 3.35. The van der Waals surface area contributed by atoms with Crippen molar-refractivity contribution in [2.24, 2.45) is 5.92 Å². The monoisotopic (exact) mass is 273 g/mol. The highest BCUT2D eigenvalue weighted by atomic mass is 16.5. The van der Waals surface area contributed by atoms with Crippen LogP contribution < -0.4 is 10.1 Å². The van der Waals surface area contributed by atoms with E-state index >= 15 is 0 Å². The lowest BCUT2D eigenvalue weighted by atomic mass is 9.88. The molecule has 2 unspecified atom stereocenters. The fourth-order valence-corrected chi connectivity index (χ4v) is 3.44. The molecule has 3 rings (SSSR count). The Morgan fingerprint density at radius 2 is 1.95 bits per heavy atom. The van der Waals surface area contributed by atoms with Crippen LogP contribution in [0.1, 0.15) is 57.4 Å². The number of hydrogen-bond donors (Lipinski definition) is 1. The number of benzene rings is 1. The van der Waals surface area contributed by atoms with Gasteiger partial charge in [-0.3, -0.25) is 0 Å². The molecule has 0 aromatic heterocycles. The van der Waals surface area contributed by atoms with Gasteiger partial charge >= 0.3 is 0 Å². The topological polar surface area (TPSA) is 21.3 Å². The molecular formula is C18H27NO. The average Bonchev–Trinajstić information content (AvgIpc) is 3.14. The van der Waals surface area contributed by atoms with E-state index in [-0.39, 0.29) is 6.10 Å². The van der Waals surface area contributed by atoms with Crippen molar-refractivity contribution in [3.63, 3.8) is 0 Å². The minimum Gasteiger partial charge on any atom is -0.491 e. The smallest absolute Gasteiger partial charge is 0.123 e. The predicted molar refractivity (Wildman–Crippen MR) is 83.3 cm³/mol. The molecule has 2 aliphatic rings. The largest absolute Gasteiger partial charge is 0.491 e. The molecule has 1 N–H and O–H groups in total. The quantitative estimate of drug-likeness (QED) is 0.842. The van der Waals surface area contributed by atoms with Crippen molar-refractivity contribution in [3.05, 3.63) is 29.8 Å². The van der Waals surface area contributed by atoms with Gasteiger partial charge in [-0.1, -0.05) is 24.6 Å². The van der Waals surface area contributed by atoms with Gasteiger partial charge in [-0.05, 0) is 69.5 Å². The van der Waals surface area contributed by atoms with E-state index in [1.54, 1.807) is 0 Å². The number of nitrogens with one attached hydrogen (secondary N) is 1. The van der Waals surface area contributed by atoms with Crippen molar-refractivity contribution in [3.8, 4) is 5.75 Å². The summed E-state index contributed by atoms with van der Waals surface area (Å²) in [6, 6.07) is 9.48. The van der Waals surface area contributed by atoms with Gasteiger partial charge in [-0.25, -0.2) is 0 Å². The zero-order chi connectivity index (χ0) is 13.9. The van der Waals surface area contributed by atoms with Crippen LogP contribution in [-0.2, 0) is 0 Å². The Labute approximate surface area is 122 Å². The third-order valence-electron chi connectivity index (χ3n) is 4.59. The first-order valence-corrected chi connectivity index (χ1v) is 8.23. The molecule has 0 spiro atoms. The highest BCUT2D eigenvalue weighted by Crippen LogP contribution is 2.43. The van der Waals surface area contributed by atoms with Gasteiger partial charge in [-0.15, -0.1) is 0 Å². The lowest BCUT2D eigenvalue weighted by Gasteiger charge is -2.24. The van der Waals surface area contributed by atoms with Gasteiger partial charge in [0.05, 0.1) is 6.10 Å². The summed E-state index contributed by atoms with van der Waals surface area (Å²) in [5.74, 6) is 2.56. The molecule has 0 bridgehead atoms. The maximum atomic E-state index is 6.02. The maximum Gasteiger partial charge on any atom is 0.123 e. The molecule has 2 nitrogen and oxygen atoms in total. The minimum absolute atomic E-state index is 0.251. The fraction of sp³-hybridized carbons (Fsp3) is 0.667. The van der Waals surface area contributed by atoms with Crippen LogP contribution in [0.4, 0.5) is 0 Å². The van der Waals surface area contributed by atoms with Crippen LogP contribution in [0.3, 0.4) is 0 Å². The molecule has 0 radical (unpaired) electrons. The summed E-state index contributed by atoms with van der Waals surface area (Å²) >= 11 is 0.